The number of carboxylic acids is 1. The van der Waals surface area contributed by atoms with E-state index >= 15 is 0 Å². The molecule has 5 nitrogen and oxygen atoms in total. The number of amides is 1. The van der Waals surface area contributed by atoms with Gasteiger partial charge in [-0.2, -0.15) is 0 Å². The zero-order chi connectivity index (χ0) is 16.4. The zero-order valence-electron chi connectivity index (χ0n) is 12.4. The largest absolute Gasteiger partial charge is 0.475 e. The summed E-state index contributed by atoms with van der Waals surface area (Å²) in [5.41, 5.74) is 0.814. The molecule has 1 heterocycles. The van der Waals surface area contributed by atoms with Crippen LogP contribution in [0.1, 0.15) is 39.5 Å². The molecule has 0 saturated heterocycles. The van der Waals surface area contributed by atoms with Crippen molar-refractivity contribution in [2.45, 2.75) is 25.3 Å². The molecule has 1 aliphatic rings. The SMILES string of the molecule is O=C(O)c1ccc(C(=O)N(CCc2cccc(F)c2)C2CC2)o1. The second-order valence-corrected chi connectivity index (χ2v) is 5.58. The van der Waals surface area contributed by atoms with Crippen molar-refractivity contribution in [1.29, 1.82) is 0 Å². The number of hydrogen-bond acceptors (Lipinski definition) is 3. The molecule has 23 heavy (non-hydrogen) atoms. The molecule has 0 radical (unpaired) electrons. The van der Waals surface area contributed by atoms with Gasteiger partial charge in [-0.1, -0.05) is 12.1 Å². The van der Waals surface area contributed by atoms with Gasteiger partial charge in [0.1, 0.15) is 5.82 Å². The Labute approximate surface area is 132 Å². The third kappa shape index (κ3) is 3.59. The van der Waals surface area contributed by atoms with Crippen molar-refractivity contribution in [2.24, 2.45) is 0 Å². The van der Waals surface area contributed by atoms with Gasteiger partial charge >= 0.3 is 5.97 Å². The van der Waals surface area contributed by atoms with E-state index < -0.39 is 5.97 Å². The molecule has 1 aliphatic carbocycles. The Hall–Kier alpha value is -2.63. The van der Waals surface area contributed by atoms with Crippen LogP contribution in [-0.4, -0.2) is 34.5 Å². The van der Waals surface area contributed by atoms with Gasteiger partial charge in [-0.15, -0.1) is 0 Å². The van der Waals surface area contributed by atoms with E-state index in [1.54, 1.807) is 11.0 Å². The molecule has 1 N–H and O–H groups in total. The van der Waals surface area contributed by atoms with Gasteiger partial charge in [0.25, 0.3) is 5.91 Å². The Bertz CT molecular complexity index is 736. The van der Waals surface area contributed by atoms with Gasteiger partial charge in [0.2, 0.25) is 5.76 Å². The van der Waals surface area contributed by atoms with Gasteiger partial charge in [0.05, 0.1) is 0 Å². The first-order chi connectivity index (χ1) is 11.0. The Balaban J connectivity index is 1.70. The maximum Gasteiger partial charge on any atom is 0.371 e. The molecule has 1 aromatic carbocycles. The number of carbonyl (C=O) groups is 2. The fourth-order valence-electron chi connectivity index (χ4n) is 2.49. The van der Waals surface area contributed by atoms with Crippen LogP contribution in [0.25, 0.3) is 0 Å². The second-order valence-electron chi connectivity index (χ2n) is 5.58. The first kappa shape index (κ1) is 15.3. The van der Waals surface area contributed by atoms with Crippen molar-refractivity contribution >= 4 is 11.9 Å². The fraction of sp³-hybridized carbons (Fsp3) is 0.294. The van der Waals surface area contributed by atoms with Crippen LogP contribution in [-0.2, 0) is 6.42 Å². The molecular formula is C17H16FNO4. The highest BCUT2D eigenvalue weighted by Crippen LogP contribution is 2.29. The molecule has 3 rings (SSSR count). The molecule has 2 aromatic rings. The molecule has 120 valence electrons. The summed E-state index contributed by atoms with van der Waals surface area (Å²) in [6.45, 7) is 0.441. The Morgan fingerprint density at radius 3 is 2.57 bits per heavy atom. The van der Waals surface area contributed by atoms with Crippen molar-refractivity contribution in [3.05, 3.63) is 59.3 Å². The molecule has 0 atom stereocenters. The average Bonchev–Trinajstić information content (AvgIpc) is 3.22. The molecule has 1 amide bonds. The number of carboxylic acid groups (broad SMARTS) is 1. The Kier molecular flexibility index (Phi) is 4.14. The van der Waals surface area contributed by atoms with Crippen LogP contribution in [0.15, 0.2) is 40.8 Å². The number of aromatic carboxylic acids is 1. The summed E-state index contributed by atoms with van der Waals surface area (Å²) in [4.78, 5) is 25.0. The lowest BCUT2D eigenvalue weighted by Crippen LogP contribution is -2.34. The molecule has 0 spiro atoms. The lowest BCUT2D eigenvalue weighted by molar-refractivity contribution is 0.0648. The van der Waals surface area contributed by atoms with Crippen LogP contribution in [0.3, 0.4) is 0 Å². The van der Waals surface area contributed by atoms with Gasteiger partial charge in [-0.05, 0) is 49.1 Å². The topological polar surface area (TPSA) is 70.8 Å². The molecule has 6 heteroatoms. The van der Waals surface area contributed by atoms with Gasteiger partial charge in [-0.3, -0.25) is 4.79 Å². The van der Waals surface area contributed by atoms with Gasteiger partial charge in [0, 0.05) is 12.6 Å². The van der Waals surface area contributed by atoms with E-state index in [9.17, 15) is 14.0 Å². The molecule has 1 fully saturated rings. The highest BCUT2D eigenvalue weighted by molar-refractivity contribution is 5.93. The van der Waals surface area contributed by atoms with Gasteiger partial charge < -0.3 is 14.4 Å². The second kappa shape index (κ2) is 6.24. The predicted octanol–water partition coefficient (Wildman–Crippen LogP) is 2.96. The van der Waals surface area contributed by atoms with E-state index in [0.717, 1.165) is 18.4 Å². The summed E-state index contributed by atoms with van der Waals surface area (Å²) in [5.74, 6) is -2.06. The minimum Gasteiger partial charge on any atom is -0.475 e. The summed E-state index contributed by atoms with van der Waals surface area (Å²) in [5, 5.41) is 8.86. The molecule has 1 aromatic heterocycles. The third-order valence-corrected chi connectivity index (χ3v) is 3.81. The van der Waals surface area contributed by atoms with Crippen LogP contribution >= 0.6 is 0 Å². The number of carbonyl (C=O) groups excluding carboxylic acids is 1. The van der Waals surface area contributed by atoms with Crippen molar-refractivity contribution < 1.29 is 23.5 Å². The van der Waals surface area contributed by atoms with Crippen molar-refractivity contribution in [1.82, 2.24) is 4.90 Å². The number of halogens is 1. The third-order valence-electron chi connectivity index (χ3n) is 3.81. The molecule has 0 unspecified atom stereocenters. The monoisotopic (exact) mass is 317 g/mol. The summed E-state index contributed by atoms with van der Waals surface area (Å²) < 4.78 is 18.3. The van der Waals surface area contributed by atoms with Gasteiger partial charge in [0.15, 0.2) is 5.76 Å². The quantitative estimate of drug-likeness (QED) is 0.889. The summed E-state index contributed by atoms with van der Waals surface area (Å²) in [6.07, 6.45) is 2.37. The van der Waals surface area contributed by atoms with Crippen LogP contribution in [0.4, 0.5) is 4.39 Å². The summed E-state index contributed by atoms with van der Waals surface area (Å²) in [6, 6.07) is 9.08. The Morgan fingerprint density at radius 1 is 1.22 bits per heavy atom. The molecule has 0 bridgehead atoms. The Morgan fingerprint density at radius 2 is 1.96 bits per heavy atom. The first-order valence-electron chi connectivity index (χ1n) is 7.43. The maximum atomic E-state index is 13.2. The fourth-order valence-corrected chi connectivity index (χ4v) is 2.49. The van der Waals surface area contributed by atoms with Gasteiger partial charge in [-0.25, -0.2) is 9.18 Å². The normalized spacial score (nSPS) is 13.8. The highest BCUT2D eigenvalue weighted by atomic mass is 19.1. The number of rotatable bonds is 6. The van der Waals surface area contributed by atoms with E-state index in [4.69, 9.17) is 9.52 Å². The zero-order valence-corrected chi connectivity index (χ0v) is 12.4. The number of benzene rings is 1. The van der Waals surface area contributed by atoms with Crippen LogP contribution in [0.2, 0.25) is 0 Å². The predicted molar refractivity (Wildman–Crippen MR) is 79.8 cm³/mol. The van der Waals surface area contributed by atoms with E-state index in [0.29, 0.717) is 13.0 Å². The number of hydrogen-bond donors (Lipinski definition) is 1. The first-order valence-corrected chi connectivity index (χ1v) is 7.43. The van der Waals surface area contributed by atoms with E-state index in [2.05, 4.69) is 0 Å². The highest BCUT2D eigenvalue weighted by Gasteiger charge is 2.34. The summed E-state index contributed by atoms with van der Waals surface area (Å²) >= 11 is 0. The lowest BCUT2D eigenvalue weighted by Gasteiger charge is -2.21. The minimum absolute atomic E-state index is 0.0218. The molecule has 1 saturated carbocycles. The summed E-state index contributed by atoms with van der Waals surface area (Å²) in [7, 11) is 0. The van der Waals surface area contributed by atoms with E-state index in [1.807, 2.05) is 6.07 Å². The van der Waals surface area contributed by atoms with Crippen molar-refractivity contribution in [2.75, 3.05) is 6.54 Å². The van der Waals surface area contributed by atoms with E-state index in [-0.39, 0.29) is 29.3 Å². The number of nitrogens with zero attached hydrogens (tertiary/aromatic N) is 1. The molecular weight excluding hydrogens is 301 g/mol. The van der Waals surface area contributed by atoms with Crippen LogP contribution in [0.5, 0.6) is 0 Å². The maximum absolute atomic E-state index is 13.2. The average molecular weight is 317 g/mol. The van der Waals surface area contributed by atoms with Crippen LogP contribution < -0.4 is 0 Å². The van der Waals surface area contributed by atoms with Crippen molar-refractivity contribution in [3.63, 3.8) is 0 Å². The lowest BCUT2D eigenvalue weighted by atomic mass is 10.1. The van der Waals surface area contributed by atoms with E-state index in [1.165, 1.54) is 24.3 Å². The standard InChI is InChI=1S/C17H16FNO4/c18-12-3-1-2-11(10-12)8-9-19(13-4-5-13)16(20)14-6-7-15(23-14)17(21)22/h1-3,6-7,10,13H,4-5,8-9H2,(H,21,22). The smallest absolute Gasteiger partial charge is 0.371 e. The minimum atomic E-state index is -1.21. The van der Waals surface area contributed by atoms with Crippen LogP contribution in [0, 0.1) is 5.82 Å². The molecule has 0 aliphatic heterocycles. The number of furan rings is 1. The van der Waals surface area contributed by atoms with Crippen molar-refractivity contribution in [3.8, 4) is 0 Å².